The first kappa shape index (κ1) is 20.7. The van der Waals surface area contributed by atoms with Gasteiger partial charge in [-0.3, -0.25) is 0 Å². The second-order valence-electron chi connectivity index (χ2n) is 8.80. The van der Waals surface area contributed by atoms with Crippen LogP contribution in [0.5, 0.6) is 5.75 Å². The van der Waals surface area contributed by atoms with E-state index in [1.54, 1.807) is 7.11 Å². The number of piperidine rings is 1. The number of rotatable bonds is 5. The van der Waals surface area contributed by atoms with Gasteiger partial charge in [0.2, 0.25) is 0 Å². The number of ether oxygens (including phenoxy) is 1. The molecule has 7 nitrogen and oxygen atoms in total. The fourth-order valence-corrected chi connectivity index (χ4v) is 4.89. The summed E-state index contributed by atoms with van der Waals surface area (Å²) in [6.45, 7) is 9.92. The van der Waals surface area contributed by atoms with Gasteiger partial charge in [0.1, 0.15) is 12.4 Å². The molecular formula is C25H31N5O2. The smallest absolute Gasteiger partial charge is 0.171 e. The first-order chi connectivity index (χ1) is 15.6. The molecule has 4 heterocycles. The summed E-state index contributed by atoms with van der Waals surface area (Å²) in [6.07, 6.45) is 10.5. The highest BCUT2D eigenvalue weighted by molar-refractivity contribution is 6.02. The van der Waals surface area contributed by atoms with E-state index in [1.165, 1.54) is 17.7 Å². The fourth-order valence-electron chi connectivity index (χ4n) is 4.89. The monoisotopic (exact) mass is 433 g/mol. The average molecular weight is 434 g/mol. The van der Waals surface area contributed by atoms with E-state index >= 15 is 0 Å². The summed E-state index contributed by atoms with van der Waals surface area (Å²) in [5.74, 6) is 1.79. The van der Waals surface area contributed by atoms with Gasteiger partial charge in [-0.25, -0.2) is 4.98 Å². The van der Waals surface area contributed by atoms with Crippen LogP contribution >= 0.6 is 0 Å². The minimum Gasteiger partial charge on any atom is -0.495 e. The Labute approximate surface area is 189 Å². The van der Waals surface area contributed by atoms with E-state index in [4.69, 9.17) is 9.57 Å². The molecule has 1 atom stereocenters. The maximum atomic E-state index is 5.70. The Balaban J connectivity index is 1.39. The topological polar surface area (TPSA) is 55.1 Å². The molecule has 0 aliphatic carbocycles. The Bertz CT molecular complexity index is 1070. The van der Waals surface area contributed by atoms with Crippen molar-refractivity contribution in [1.29, 1.82) is 0 Å². The normalized spacial score (nSPS) is 22.1. The average Bonchev–Trinajstić information content (AvgIpc) is 3.42. The van der Waals surface area contributed by atoms with Crippen molar-refractivity contribution in [2.75, 3.05) is 33.4 Å². The Hall–Kier alpha value is -3.22. The van der Waals surface area contributed by atoms with Crippen molar-refractivity contribution in [1.82, 2.24) is 19.4 Å². The third kappa shape index (κ3) is 3.99. The van der Waals surface area contributed by atoms with Crippen molar-refractivity contribution >= 4 is 11.9 Å². The molecule has 7 heteroatoms. The Kier molecular flexibility index (Phi) is 5.64. The first-order valence-corrected chi connectivity index (χ1v) is 11.4. The number of hydrogen-bond donors (Lipinski definition) is 0. The van der Waals surface area contributed by atoms with E-state index in [9.17, 15) is 0 Å². The zero-order valence-electron chi connectivity index (χ0n) is 19.0. The van der Waals surface area contributed by atoms with Crippen LogP contribution < -0.4 is 4.74 Å². The second-order valence-corrected chi connectivity index (χ2v) is 8.80. The summed E-state index contributed by atoms with van der Waals surface area (Å²) < 4.78 is 7.68. The van der Waals surface area contributed by atoms with Gasteiger partial charge in [-0.15, -0.1) is 0 Å². The molecule has 3 aliphatic rings. The molecule has 32 heavy (non-hydrogen) atoms. The Morgan fingerprint density at radius 3 is 2.88 bits per heavy atom. The summed E-state index contributed by atoms with van der Waals surface area (Å²) in [5.41, 5.74) is 5.52. The number of fused-ring (bicyclic) bond motifs is 1. The molecule has 2 aromatic rings. The van der Waals surface area contributed by atoms with Gasteiger partial charge < -0.3 is 23.9 Å². The van der Waals surface area contributed by atoms with E-state index in [2.05, 4.69) is 50.8 Å². The number of methoxy groups -OCH3 is 1. The molecule has 0 N–H and O–H groups in total. The summed E-state index contributed by atoms with van der Waals surface area (Å²) in [6, 6.07) is 6.58. The van der Waals surface area contributed by atoms with Crippen molar-refractivity contribution in [3.8, 4) is 11.4 Å². The lowest BCUT2D eigenvalue weighted by Gasteiger charge is -2.41. The van der Waals surface area contributed by atoms with Crippen molar-refractivity contribution in [3.05, 3.63) is 59.8 Å². The van der Waals surface area contributed by atoms with Crippen LogP contribution in [0.15, 0.2) is 53.7 Å². The molecule has 1 aromatic carbocycles. The lowest BCUT2D eigenvalue weighted by atomic mass is 9.98. The highest BCUT2D eigenvalue weighted by atomic mass is 16.6. The van der Waals surface area contributed by atoms with Gasteiger partial charge in [-0.1, -0.05) is 17.8 Å². The summed E-state index contributed by atoms with van der Waals surface area (Å²) in [5, 5.41) is 4.47. The number of likely N-dealkylation sites (tertiary alicyclic amines) is 1. The highest BCUT2D eigenvalue weighted by Gasteiger charge is 2.33. The van der Waals surface area contributed by atoms with Crippen LogP contribution in [0, 0.1) is 6.92 Å². The molecule has 0 saturated carbocycles. The molecule has 1 aromatic heterocycles. The molecule has 0 radical (unpaired) electrons. The van der Waals surface area contributed by atoms with Gasteiger partial charge in [-0.2, -0.15) is 0 Å². The highest BCUT2D eigenvalue weighted by Crippen LogP contribution is 2.30. The number of benzene rings is 1. The second kappa shape index (κ2) is 8.73. The third-order valence-corrected chi connectivity index (χ3v) is 6.57. The summed E-state index contributed by atoms with van der Waals surface area (Å²) >= 11 is 0. The SMILES string of the molecule is C=C1CCCN1C[C@H]1CON=C2/C(=C/c3ccc(-n4cnc(C)c4)c(OC)c3)CCCN21. The molecule has 0 bridgehead atoms. The van der Waals surface area contributed by atoms with Crippen LogP contribution in [0.2, 0.25) is 0 Å². The quantitative estimate of drug-likeness (QED) is 0.714. The van der Waals surface area contributed by atoms with Gasteiger partial charge in [0.05, 0.1) is 30.9 Å². The minimum absolute atomic E-state index is 0.308. The van der Waals surface area contributed by atoms with Gasteiger partial charge in [-0.05, 0) is 62.0 Å². The van der Waals surface area contributed by atoms with Gasteiger partial charge in [0, 0.05) is 31.5 Å². The van der Waals surface area contributed by atoms with Crippen LogP contribution in [-0.4, -0.2) is 64.6 Å². The van der Waals surface area contributed by atoms with Crippen molar-refractivity contribution in [2.24, 2.45) is 5.16 Å². The number of allylic oxidation sites excluding steroid dienone is 1. The van der Waals surface area contributed by atoms with Crippen LogP contribution in [0.1, 0.15) is 36.9 Å². The molecule has 0 amide bonds. The predicted octanol–water partition coefficient (Wildman–Crippen LogP) is 3.99. The third-order valence-electron chi connectivity index (χ3n) is 6.57. The zero-order valence-corrected chi connectivity index (χ0v) is 19.0. The van der Waals surface area contributed by atoms with Gasteiger partial charge in [0.15, 0.2) is 5.84 Å². The molecule has 0 spiro atoms. The van der Waals surface area contributed by atoms with Crippen molar-refractivity contribution in [2.45, 2.75) is 38.6 Å². The Morgan fingerprint density at radius 1 is 1.25 bits per heavy atom. The van der Waals surface area contributed by atoms with E-state index in [0.717, 1.165) is 67.4 Å². The van der Waals surface area contributed by atoms with Crippen molar-refractivity contribution in [3.63, 3.8) is 0 Å². The molecule has 5 rings (SSSR count). The molecular weight excluding hydrogens is 402 g/mol. The minimum atomic E-state index is 0.308. The van der Waals surface area contributed by atoms with Gasteiger partial charge in [0.25, 0.3) is 0 Å². The van der Waals surface area contributed by atoms with E-state index in [-0.39, 0.29) is 0 Å². The van der Waals surface area contributed by atoms with E-state index in [0.29, 0.717) is 12.6 Å². The zero-order chi connectivity index (χ0) is 22.1. The van der Waals surface area contributed by atoms with Crippen LogP contribution in [0.25, 0.3) is 11.8 Å². The number of aromatic nitrogens is 2. The van der Waals surface area contributed by atoms with Crippen LogP contribution in [0.3, 0.4) is 0 Å². The van der Waals surface area contributed by atoms with Gasteiger partial charge >= 0.3 is 0 Å². The largest absolute Gasteiger partial charge is 0.495 e. The summed E-state index contributed by atoms with van der Waals surface area (Å²) in [7, 11) is 1.71. The fraction of sp³-hybridized carbons (Fsp3) is 0.440. The standard InChI is InChI=1S/C25H31N5O2/c1-18-14-29(17-26-18)23-9-8-20(13-24(23)31-3)12-21-7-5-11-30-22(16-32-27-25(21)30)15-28-10-4-6-19(28)2/h8-9,12-14,17,22H,2,4-7,10-11,15-16H2,1,3H3/b21-12+/t22-/m0/s1. The van der Waals surface area contributed by atoms with Crippen LogP contribution in [-0.2, 0) is 4.84 Å². The number of hydrogen-bond acceptors (Lipinski definition) is 6. The maximum Gasteiger partial charge on any atom is 0.171 e. The molecule has 2 saturated heterocycles. The number of nitrogens with zero attached hydrogens (tertiary/aromatic N) is 5. The van der Waals surface area contributed by atoms with Crippen LogP contribution in [0.4, 0.5) is 0 Å². The lowest BCUT2D eigenvalue weighted by molar-refractivity contribution is 0.0472. The van der Waals surface area contributed by atoms with E-state index in [1.807, 2.05) is 24.0 Å². The summed E-state index contributed by atoms with van der Waals surface area (Å²) in [4.78, 5) is 14.9. The number of oxime groups is 1. The molecule has 0 unspecified atom stereocenters. The molecule has 168 valence electrons. The molecule has 2 fully saturated rings. The first-order valence-electron chi connectivity index (χ1n) is 11.4. The number of imidazole rings is 1. The van der Waals surface area contributed by atoms with Crippen molar-refractivity contribution < 1.29 is 9.57 Å². The molecule has 3 aliphatic heterocycles. The number of amidine groups is 1. The lowest BCUT2D eigenvalue weighted by Crippen LogP contribution is -2.53. The number of aryl methyl sites for hydroxylation is 1. The predicted molar refractivity (Wildman–Crippen MR) is 126 cm³/mol. The van der Waals surface area contributed by atoms with E-state index < -0.39 is 0 Å². The Morgan fingerprint density at radius 2 is 2.12 bits per heavy atom. The maximum absolute atomic E-state index is 5.70.